The van der Waals surface area contributed by atoms with Crippen LogP contribution in [0.1, 0.15) is 6.42 Å². The predicted molar refractivity (Wildman–Crippen MR) is 51.3 cm³/mol. The number of hydrogen-bond donors (Lipinski definition) is 2. The Morgan fingerprint density at radius 3 is 2.92 bits per heavy atom. The highest BCUT2D eigenvalue weighted by Gasteiger charge is 2.10. The summed E-state index contributed by atoms with van der Waals surface area (Å²) >= 11 is 5.37. The van der Waals surface area contributed by atoms with Crippen molar-refractivity contribution in [2.75, 3.05) is 16.4 Å². The zero-order valence-corrected chi connectivity index (χ0v) is 8.40. The summed E-state index contributed by atoms with van der Waals surface area (Å²) in [6.45, 7) is 0. The van der Waals surface area contributed by atoms with Crippen LogP contribution in [0, 0.1) is 0 Å². The highest BCUT2D eigenvalue weighted by molar-refractivity contribution is 7.92. The number of sulfonamides is 1. The third-order valence-corrected chi connectivity index (χ3v) is 2.89. The SMILES string of the molecule is O=S(=O)(CCCCl)Nc1ncc[nH]1. The smallest absolute Gasteiger partial charge is 0.235 e. The highest BCUT2D eigenvalue weighted by atomic mass is 35.5. The molecule has 74 valence electrons. The molecule has 0 aromatic carbocycles. The standard InChI is InChI=1S/C6H10ClN3O2S/c7-2-1-5-13(11,12)10-6-8-3-4-9-6/h3-4H,1-2,5H2,(H2,8,9,10). The number of halogens is 1. The Kier molecular flexibility index (Phi) is 3.56. The second-order valence-electron chi connectivity index (χ2n) is 2.40. The van der Waals surface area contributed by atoms with E-state index in [1.165, 1.54) is 6.20 Å². The molecule has 1 aromatic rings. The Bertz CT molecular complexity index is 335. The average Bonchev–Trinajstić information content (AvgIpc) is 2.52. The summed E-state index contributed by atoms with van der Waals surface area (Å²) in [5, 5.41) is 0. The van der Waals surface area contributed by atoms with Gasteiger partial charge >= 0.3 is 0 Å². The Balaban J connectivity index is 2.53. The molecule has 0 saturated heterocycles. The molecule has 0 aliphatic heterocycles. The molecule has 2 N–H and O–H groups in total. The first-order chi connectivity index (χ1) is 6.14. The number of alkyl halides is 1. The van der Waals surface area contributed by atoms with E-state index in [1.54, 1.807) is 6.20 Å². The van der Waals surface area contributed by atoms with E-state index < -0.39 is 10.0 Å². The highest BCUT2D eigenvalue weighted by Crippen LogP contribution is 2.01. The van der Waals surface area contributed by atoms with Crippen molar-refractivity contribution >= 4 is 27.6 Å². The zero-order chi connectivity index (χ0) is 9.73. The van der Waals surface area contributed by atoms with Gasteiger partial charge in [-0.1, -0.05) is 0 Å². The molecule has 1 heterocycles. The van der Waals surface area contributed by atoms with Crippen molar-refractivity contribution in [1.82, 2.24) is 9.97 Å². The van der Waals surface area contributed by atoms with E-state index >= 15 is 0 Å². The van der Waals surface area contributed by atoms with Gasteiger partial charge in [0, 0.05) is 18.3 Å². The van der Waals surface area contributed by atoms with Crippen LogP contribution >= 0.6 is 11.6 Å². The molecule has 0 saturated carbocycles. The summed E-state index contributed by atoms with van der Waals surface area (Å²) in [7, 11) is -3.29. The predicted octanol–water partition coefficient (Wildman–Crippen LogP) is 0.780. The van der Waals surface area contributed by atoms with Gasteiger partial charge in [0.25, 0.3) is 0 Å². The number of aromatic amines is 1. The van der Waals surface area contributed by atoms with Crippen LogP contribution in [0.15, 0.2) is 12.4 Å². The second-order valence-corrected chi connectivity index (χ2v) is 4.62. The first-order valence-corrected chi connectivity index (χ1v) is 5.88. The van der Waals surface area contributed by atoms with E-state index in [2.05, 4.69) is 14.7 Å². The molecule has 0 spiro atoms. The Morgan fingerprint density at radius 2 is 2.38 bits per heavy atom. The van der Waals surface area contributed by atoms with Crippen LogP contribution in [-0.2, 0) is 10.0 Å². The minimum atomic E-state index is -3.29. The number of H-pyrrole nitrogens is 1. The number of rotatable bonds is 5. The first kappa shape index (κ1) is 10.3. The van der Waals surface area contributed by atoms with Gasteiger partial charge in [-0.05, 0) is 6.42 Å². The molecular formula is C6H10ClN3O2S. The molecular weight excluding hydrogens is 214 g/mol. The third kappa shape index (κ3) is 3.65. The largest absolute Gasteiger partial charge is 0.330 e. The van der Waals surface area contributed by atoms with E-state index in [9.17, 15) is 8.42 Å². The van der Waals surface area contributed by atoms with E-state index in [0.29, 0.717) is 12.3 Å². The van der Waals surface area contributed by atoms with Gasteiger partial charge in [-0.25, -0.2) is 13.4 Å². The molecule has 0 radical (unpaired) electrons. The van der Waals surface area contributed by atoms with Crippen molar-refractivity contribution < 1.29 is 8.42 Å². The quantitative estimate of drug-likeness (QED) is 0.725. The van der Waals surface area contributed by atoms with Crippen LogP contribution in [0.25, 0.3) is 0 Å². The van der Waals surface area contributed by atoms with Gasteiger partial charge in [-0.15, -0.1) is 11.6 Å². The third-order valence-electron chi connectivity index (χ3n) is 1.30. The monoisotopic (exact) mass is 223 g/mol. The van der Waals surface area contributed by atoms with Gasteiger partial charge in [0.05, 0.1) is 5.75 Å². The zero-order valence-electron chi connectivity index (χ0n) is 6.83. The maximum absolute atomic E-state index is 11.2. The fourth-order valence-electron chi connectivity index (χ4n) is 0.764. The number of imidazole rings is 1. The molecule has 0 fully saturated rings. The van der Waals surface area contributed by atoms with Gasteiger partial charge in [0.15, 0.2) is 0 Å². The van der Waals surface area contributed by atoms with Gasteiger partial charge < -0.3 is 4.98 Å². The summed E-state index contributed by atoms with van der Waals surface area (Å²) in [6, 6.07) is 0. The molecule has 0 atom stereocenters. The normalized spacial score (nSPS) is 11.5. The molecule has 0 aliphatic carbocycles. The fourth-order valence-corrected chi connectivity index (χ4v) is 2.09. The van der Waals surface area contributed by atoms with Crippen molar-refractivity contribution in [3.8, 4) is 0 Å². The summed E-state index contributed by atoms with van der Waals surface area (Å²) in [6.07, 6.45) is 3.44. The van der Waals surface area contributed by atoms with Crippen LogP contribution in [0.2, 0.25) is 0 Å². The summed E-state index contributed by atoms with van der Waals surface area (Å²) in [5.74, 6) is 0.575. The van der Waals surface area contributed by atoms with E-state index in [1.807, 2.05) is 0 Å². The van der Waals surface area contributed by atoms with Gasteiger partial charge in [0.2, 0.25) is 16.0 Å². The molecule has 0 amide bonds. The maximum Gasteiger partial charge on any atom is 0.235 e. The lowest BCUT2D eigenvalue weighted by Crippen LogP contribution is -2.17. The van der Waals surface area contributed by atoms with E-state index in [4.69, 9.17) is 11.6 Å². The van der Waals surface area contributed by atoms with Crippen molar-refractivity contribution in [2.24, 2.45) is 0 Å². The van der Waals surface area contributed by atoms with Crippen LogP contribution in [0.5, 0.6) is 0 Å². The summed E-state index contributed by atoms with van der Waals surface area (Å²) in [5.41, 5.74) is 0. The van der Waals surface area contributed by atoms with E-state index in [-0.39, 0.29) is 11.7 Å². The molecule has 13 heavy (non-hydrogen) atoms. The molecule has 0 unspecified atom stereocenters. The summed E-state index contributed by atoms with van der Waals surface area (Å²) < 4.78 is 24.7. The lowest BCUT2D eigenvalue weighted by Gasteiger charge is -2.02. The van der Waals surface area contributed by atoms with Crippen molar-refractivity contribution in [3.63, 3.8) is 0 Å². The average molecular weight is 224 g/mol. The fraction of sp³-hybridized carbons (Fsp3) is 0.500. The molecule has 7 heteroatoms. The van der Waals surface area contributed by atoms with Crippen LogP contribution < -0.4 is 4.72 Å². The molecule has 1 aromatic heterocycles. The molecule has 5 nitrogen and oxygen atoms in total. The van der Waals surface area contributed by atoms with Gasteiger partial charge in [0.1, 0.15) is 0 Å². The van der Waals surface area contributed by atoms with Gasteiger partial charge in [-0.3, -0.25) is 4.72 Å². The molecule has 0 aliphatic rings. The number of nitrogens with one attached hydrogen (secondary N) is 2. The lowest BCUT2D eigenvalue weighted by molar-refractivity contribution is 0.599. The van der Waals surface area contributed by atoms with Gasteiger partial charge in [-0.2, -0.15) is 0 Å². The summed E-state index contributed by atoms with van der Waals surface area (Å²) in [4.78, 5) is 6.37. The number of aromatic nitrogens is 2. The molecule has 0 bridgehead atoms. The number of hydrogen-bond acceptors (Lipinski definition) is 3. The minimum Gasteiger partial charge on any atom is -0.330 e. The number of nitrogens with zero attached hydrogens (tertiary/aromatic N) is 1. The lowest BCUT2D eigenvalue weighted by atomic mass is 10.6. The van der Waals surface area contributed by atoms with Crippen LogP contribution in [0.4, 0.5) is 5.95 Å². The van der Waals surface area contributed by atoms with Crippen molar-refractivity contribution in [3.05, 3.63) is 12.4 Å². The minimum absolute atomic E-state index is 0.0111. The second kappa shape index (κ2) is 4.48. The Morgan fingerprint density at radius 1 is 1.62 bits per heavy atom. The molecule has 1 rings (SSSR count). The van der Waals surface area contributed by atoms with Crippen molar-refractivity contribution in [2.45, 2.75) is 6.42 Å². The van der Waals surface area contributed by atoms with Crippen LogP contribution in [0.3, 0.4) is 0 Å². The number of anilines is 1. The van der Waals surface area contributed by atoms with Crippen molar-refractivity contribution in [1.29, 1.82) is 0 Å². The topological polar surface area (TPSA) is 74.8 Å². The van der Waals surface area contributed by atoms with Crippen LogP contribution in [-0.4, -0.2) is 30.0 Å². The Labute approximate surface area is 81.6 Å². The maximum atomic E-state index is 11.2. The van der Waals surface area contributed by atoms with E-state index in [0.717, 1.165) is 0 Å². The first-order valence-electron chi connectivity index (χ1n) is 3.70. The Hall–Kier alpha value is -0.750.